The Balaban J connectivity index is 1.87. The molecule has 1 saturated carbocycles. The maximum absolute atomic E-state index is 2.46. The van der Waals surface area contributed by atoms with Crippen LogP contribution in [0.15, 0.2) is 0 Å². The summed E-state index contributed by atoms with van der Waals surface area (Å²) in [7, 11) is 0. The zero-order valence-electron chi connectivity index (χ0n) is 11.6. The van der Waals surface area contributed by atoms with Gasteiger partial charge in [0.15, 0.2) is 0 Å². The van der Waals surface area contributed by atoms with Gasteiger partial charge in [0.05, 0.1) is 0 Å². The fraction of sp³-hybridized carbons (Fsp3) is 1.00. The molecule has 16 heavy (non-hydrogen) atoms. The first kappa shape index (κ1) is 14.1. The monoisotopic (exact) mass is 224 g/mol. The minimum Gasteiger partial charge on any atom is -0.0654 e. The van der Waals surface area contributed by atoms with Crippen LogP contribution in [-0.4, -0.2) is 0 Å². The molecule has 0 saturated heterocycles. The van der Waals surface area contributed by atoms with Crippen molar-refractivity contribution in [3.05, 3.63) is 0 Å². The standard InChI is InChI=1S/C16H32/c1-3-4-5-6-10-15(2)11-9-14-16-12-7-8-13-16/h15-16H,3-14H2,1-2H3. The Morgan fingerprint density at radius 1 is 0.938 bits per heavy atom. The van der Waals surface area contributed by atoms with E-state index in [-0.39, 0.29) is 0 Å². The average molecular weight is 224 g/mol. The molecule has 1 aliphatic carbocycles. The molecule has 0 heterocycles. The van der Waals surface area contributed by atoms with E-state index in [9.17, 15) is 0 Å². The smallest absolute Gasteiger partial charge is 0.0414 e. The van der Waals surface area contributed by atoms with E-state index in [0.717, 1.165) is 11.8 Å². The van der Waals surface area contributed by atoms with Crippen LogP contribution in [0.5, 0.6) is 0 Å². The van der Waals surface area contributed by atoms with Crippen molar-refractivity contribution < 1.29 is 0 Å². The Bertz CT molecular complexity index is 144. The van der Waals surface area contributed by atoms with Crippen LogP contribution in [0.1, 0.15) is 90.9 Å². The summed E-state index contributed by atoms with van der Waals surface area (Å²) in [6, 6.07) is 0. The molecule has 0 heteroatoms. The summed E-state index contributed by atoms with van der Waals surface area (Å²) in [4.78, 5) is 0. The van der Waals surface area contributed by atoms with E-state index in [0.29, 0.717) is 0 Å². The summed E-state index contributed by atoms with van der Waals surface area (Å²) in [5.74, 6) is 2.09. The highest BCUT2D eigenvalue weighted by molar-refractivity contribution is 4.67. The van der Waals surface area contributed by atoms with Gasteiger partial charge in [-0.25, -0.2) is 0 Å². The van der Waals surface area contributed by atoms with Crippen molar-refractivity contribution in [1.82, 2.24) is 0 Å². The van der Waals surface area contributed by atoms with Crippen molar-refractivity contribution in [1.29, 1.82) is 0 Å². The Labute approximate surface area is 103 Å². The Hall–Kier alpha value is 0. The van der Waals surface area contributed by atoms with Crippen LogP contribution in [-0.2, 0) is 0 Å². The summed E-state index contributed by atoms with van der Waals surface area (Å²) < 4.78 is 0. The topological polar surface area (TPSA) is 0 Å². The van der Waals surface area contributed by atoms with Crippen LogP contribution in [0.25, 0.3) is 0 Å². The van der Waals surface area contributed by atoms with Crippen LogP contribution in [0.3, 0.4) is 0 Å². The fourth-order valence-electron chi connectivity index (χ4n) is 3.12. The molecule has 1 unspecified atom stereocenters. The van der Waals surface area contributed by atoms with Crippen LogP contribution in [0.2, 0.25) is 0 Å². The molecule has 0 nitrogen and oxygen atoms in total. The number of hydrogen-bond acceptors (Lipinski definition) is 0. The first-order valence-electron chi connectivity index (χ1n) is 7.83. The number of rotatable bonds is 9. The minimum atomic E-state index is 0.984. The SMILES string of the molecule is CCCCCCC(C)CCCC1CCCC1. The largest absolute Gasteiger partial charge is 0.0654 e. The van der Waals surface area contributed by atoms with Crippen LogP contribution in [0, 0.1) is 11.8 Å². The van der Waals surface area contributed by atoms with Crippen molar-refractivity contribution in [3.8, 4) is 0 Å². The summed E-state index contributed by atoms with van der Waals surface area (Å²) >= 11 is 0. The van der Waals surface area contributed by atoms with Gasteiger partial charge in [0, 0.05) is 0 Å². The molecular formula is C16H32. The lowest BCUT2D eigenvalue weighted by atomic mass is 9.93. The van der Waals surface area contributed by atoms with E-state index < -0.39 is 0 Å². The third kappa shape index (κ3) is 6.55. The van der Waals surface area contributed by atoms with E-state index >= 15 is 0 Å². The van der Waals surface area contributed by atoms with Crippen molar-refractivity contribution in [3.63, 3.8) is 0 Å². The highest BCUT2D eigenvalue weighted by atomic mass is 14.2. The lowest BCUT2D eigenvalue weighted by Gasteiger charge is -2.13. The molecule has 0 spiro atoms. The first-order valence-corrected chi connectivity index (χ1v) is 7.83. The molecule has 0 aromatic carbocycles. The molecule has 0 amide bonds. The minimum absolute atomic E-state index is 0.984. The van der Waals surface area contributed by atoms with Gasteiger partial charge < -0.3 is 0 Å². The molecule has 0 bridgehead atoms. The summed E-state index contributed by atoms with van der Waals surface area (Å²) in [6.07, 6.45) is 17.8. The first-order chi connectivity index (χ1) is 7.83. The van der Waals surface area contributed by atoms with Crippen LogP contribution in [0.4, 0.5) is 0 Å². The molecule has 0 aliphatic heterocycles. The van der Waals surface area contributed by atoms with E-state index in [1.54, 1.807) is 0 Å². The average Bonchev–Trinajstić information content (AvgIpc) is 2.77. The second kappa shape index (κ2) is 9.07. The van der Waals surface area contributed by atoms with Gasteiger partial charge in [-0.3, -0.25) is 0 Å². The molecule has 1 rings (SSSR count). The van der Waals surface area contributed by atoms with Gasteiger partial charge in [0.25, 0.3) is 0 Å². The molecule has 0 N–H and O–H groups in total. The van der Waals surface area contributed by atoms with Gasteiger partial charge in [-0.15, -0.1) is 0 Å². The molecule has 1 fully saturated rings. The Morgan fingerprint density at radius 2 is 1.62 bits per heavy atom. The van der Waals surface area contributed by atoms with Gasteiger partial charge >= 0.3 is 0 Å². The third-order valence-electron chi connectivity index (χ3n) is 4.33. The quantitative estimate of drug-likeness (QED) is 0.424. The van der Waals surface area contributed by atoms with Crippen LogP contribution >= 0.6 is 0 Å². The molecule has 96 valence electrons. The molecular weight excluding hydrogens is 192 g/mol. The summed E-state index contributed by atoms with van der Waals surface area (Å²) in [5, 5.41) is 0. The van der Waals surface area contributed by atoms with Crippen molar-refractivity contribution >= 4 is 0 Å². The Morgan fingerprint density at radius 3 is 2.31 bits per heavy atom. The molecule has 1 atom stereocenters. The maximum atomic E-state index is 2.46. The van der Waals surface area contributed by atoms with E-state index in [2.05, 4.69) is 13.8 Å². The van der Waals surface area contributed by atoms with E-state index in [4.69, 9.17) is 0 Å². The predicted octanol–water partition coefficient (Wildman–Crippen LogP) is 5.95. The van der Waals surface area contributed by atoms with Gasteiger partial charge in [0.1, 0.15) is 0 Å². The zero-order chi connectivity index (χ0) is 11.6. The maximum Gasteiger partial charge on any atom is -0.0414 e. The van der Waals surface area contributed by atoms with Gasteiger partial charge in [-0.2, -0.15) is 0 Å². The van der Waals surface area contributed by atoms with Crippen molar-refractivity contribution in [2.24, 2.45) is 11.8 Å². The third-order valence-corrected chi connectivity index (χ3v) is 4.33. The van der Waals surface area contributed by atoms with Gasteiger partial charge in [0.2, 0.25) is 0 Å². The number of hydrogen-bond donors (Lipinski definition) is 0. The van der Waals surface area contributed by atoms with E-state index in [1.165, 1.54) is 77.0 Å². The number of unbranched alkanes of at least 4 members (excludes halogenated alkanes) is 3. The van der Waals surface area contributed by atoms with Crippen molar-refractivity contribution in [2.45, 2.75) is 90.9 Å². The molecule has 1 aliphatic rings. The summed E-state index contributed by atoms with van der Waals surface area (Å²) in [6.45, 7) is 4.76. The van der Waals surface area contributed by atoms with Crippen LogP contribution < -0.4 is 0 Å². The second-order valence-electron chi connectivity index (χ2n) is 6.04. The van der Waals surface area contributed by atoms with Crippen molar-refractivity contribution in [2.75, 3.05) is 0 Å². The fourth-order valence-corrected chi connectivity index (χ4v) is 3.12. The molecule has 0 aromatic rings. The van der Waals surface area contributed by atoms with E-state index in [1.807, 2.05) is 0 Å². The normalized spacial score (nSPS) is 19.1. The zero-order valence-corrected chi connectivity index (χ0v) is 11.6. The molecule has 0 radical (unpaired) electrons. The second-order valence-corrected chi connectivity index (χ2v) is 6.04. The summed E-state index contributed by atoms with van der Waals surface area (Å²) in [5.41, 5.74) is 0. The Kier molecular flexibility index (Phi) is 7.98. The highest BCUT2D eigenvalue weighted by Gasteiger charge is 2.14. The predicted molar refractivity (Wildman–Crippen MR) is 73.7 cm³/mol. The van der Waals surface area contributed by atoms with Gasteiger partial charge in [-0.05, 0) is 11.8 Å². The lowest BCUT2D eigenvalue weighted by Crippen LogP contribution is -1.98. The van der Waals surface area contributed by atoms with Gasteiger partial charge in [-0.1, -0.05) is 90.9 Å². The highest BCUT2D eigenvalue weighted by Crippen LogP contribution is 2.30. The lowest BCUT2D eigenvalue weighted by molar-refractivity contribution is 0.402. The molecule has 0 aromatic heterocycles.